The van der Waals surface area contributed by atoms with Crippen LogP contribution in [0.5, 0.6) is 0 Å². The van der Waals surface area contributed by atoms with E-state index in [9.17, 15) is 0 Å². The first kappa shape index (κ1) is 14.9. The highest BCUT2D eigenvalue weighted by Crippen LogP contribution is 2.34. The minimum Gasteiger partial charge on any atom is -0.339 e. The second-order valence-electron chi connectivity index (χ2n) is 7.19. The van der Waals surface area contributed by atoms with E-state index in [2.05, 4.69) is 20.4 Å². The van der Waals surface area contributed by atoms with Gasteiger partial charge in [-0.3, -0.25) is 0 Å². The highest BCUT2D eigenvalue weighted by Gasteiger charge is 2.50. The number of rotatable bonds is 2. The van der Waals surface area contributed by atoms with E-state index < -0.39 is 0 Å². The maximum absolute atomic E-state index is 5.67. The zero-order valence-electron chi connectivity index (χ0n) is 13.1. The minimum absolute atomic E-state index is 0.241. The van der Waals surface area contributed by atoms with Crippen molar-refractivity contribution in [2.75, 3.05) is 0 Å². The van der Waals surface area contributed by atoms with Gasteiger partial charge in [-0.15, -0.1) is 0 Å². The van der Waals surface area contributed by atoms with Gasteiger partial charge in [0, 0.05) is 12.1 Å². The van der Waals surface area contributed by atoms with E-state index in [1.165, 1.54) is 64.2 Å². The topological polar surface area (TPSA) is 30.5 Å². The van der Waals surface area contributed by atoms with Crippen LogP contribution in [0.3, 0.4) is 0 Å². The molecule has 2 atom stereocenters. The van der Waals surface area contributed by atoms with Crippen LogP contribution in [-0.4, -0.2) is 44.4 Å². The Bertz CT molecular complexity index is 415. The monoisotopic (exact) mass is 338 g/mol. The molecule has 22 heavy (non-hydrogen) atoms. The van der Waals surface area contributed by atoms with E-state index >= 15 is 0 Å². The average Bonchev–Trinajstić information content (AvgIpc) is 3.01. The molecule has 0 aromatic carbocycles. The summed E-state index contributed by atoms with van der Waals surface area (Å²) in [4.78, 5) is 4.85. The molecule has 0 bridgehead atoms. The van der Waals surface area contributed by atoms with Crippen LogP contribution in [0, 0.1) is 0 Å². The third-order valence-corrected chi connectivity index (χ3v) is 6.50. The van der Waals surface area contributed by atoms with Gasteiger partial charge in [0.2, 0.25) is 0 Å². The van der Waals surface area contributed by atoms with Crippen LogP contribution >= 0.6 is 24.4 Å². The second-order valence-corrected chi connectivity index (χ2v) is 7.96. The van der Waals surface area contributed by atoms with E-state index in [0.29, 0.717) is 12.1 Å². The van der Waals surface area contributed by atoms with Crippen LogP contribution in [0.15, 0.2) is 0 Å². The van der Waals surface area contributed by atoms with E-state index in [-0.39, 0.29) is 12.3 Å². The highest BCUT2D eigenvalue weighted by molar-refractivity contribution is 7.80. The summed E-state index contributed by atoms with van der Waals surface area (Å²) in [5, 5.41) is 9.01. The molecule has 2 aliphatic carbocycles. The van der Waals surface area contributed by atoms with Crippen molar-refractivity contribution in [1.82, 2.24) is 20.4 Å². The molecule has 122 valence electrons. The molecular formula is C16H26N4S2. The number of fused-ring (bicyclic) bond motifs is 1. The number of hydrogen-bond donors (Lipinski definition) is 2. The fourth-order valence-electron chi connectivity index (χ4n) is 4.76. The third kappa shape index (κ3) is 2.48. The van der Waals surface area contributed by atoms with E-state index in [1.54, 1.807) is 0 Å². The van der Waals surface area contributed by atoms with Gasteiger partial charge in [-0.05, 0) is 50.1 Å². The lowest BCUT2D eigenvalue weighted by Crippen LogP contribution is -2.49. The molecule has 2 heterocycles. The Labute approximate surface area is 144 Å². The molecule has 0 aromatic heterocycles. The summed E-state index contributed by atoms with van der Waals surface area (Å²) in [5.74, 6) is 0. The molecule has 2 saturated heterocycles. The number of nitrogens with zero attached hydrogens (tertiary/aromatic N) is 2. The normalized spacial score (nSPS) is 33.8. The first-order chi connectivity index (χ1) is 10.8. The summed E-state index contributed by atoms with van der Waals surface area (Å²) >= 11 is 11.3. The standard InChI is InChI=1S/C16H26N4S2/c21-15-18-14-13(19(15)11-7-3-1-4-8-11)17-16(22)20(14)12-9-5-2-6-10-12/h11-14H,1-10H2,(H,17,22)(H,18,21). The molecule has 4 nitrogen and oxygen atoms in total. The van der Waals surface area contributed by atoms with Gasteiger partial charge in [-0.25, -0.2) is 0 Å². The van der Waals surface area contributed by atoms with Crippen LogP contribution in [0.2, 0.25) is 0 Å². The van der Waals surface area contributed by atoms with Crippen molar-refractivity contribution in [3.63, 3.8) is 0 Å². The minimum atomic E-state index is 0.241. The van der Waals surface area contributed by atoms with Gasteiger partial charge in [-0.1, -0.05) is 38.5 Å². The molecule has 2 saturated carbocycles. The summed E-state index contributed by atoms with van der Waals surface area (Å²) in [7, 11) is 0. The second kappa shape index (κ2) is 6.11. The van der Waals surface area contributed by atoms with E-state index in [1.807, 2.05) is 0 Å². The molecular weight excluding hydrogens is 312 g/mol. The third-order valence-electron chi connectivity index (χ3n) is 5.85. The molecule has 6 heteroatoms. The molecule has 4 rings (SSSR count). The van der Waals surface area contributed by atoms with Crippen LogP contribution in [0.25, 0.3) is 0 Å². The Balaban J connectivity index is 1.52. The maximum Gasteiger partial charge on any atom is 0.172 e. The predicted molar refractivity (Wildman–Crippen MR) is 96.5 cm³/mol. The molecule has 0 spiro atoms. The number of hydrogen-bond acceptors (Lipinski definition) is 2. The van der Waals surface area contributed by atoms with E-state index in [4.69, 9.17) is 24.4 Å². The molecule has 4 fully saturated rings. The molecule has 2 N–H and O–H groups in total. The Hall–Kier alpha value is -0.620. The molecule has 0 amide bonds. The fraction of sp³-hybridized carbons (Fsp3) is 0.875. The Morgan fingerprint density at radius 1 is 0.636 bits per heavy atom. The van der Waals surface area contributed by atoms with Crippen LogP contribution in [0.1, 0.15) is 64.2 Å². The molecule has 4 aliphatic rings. The van der Waals surface area contributed by atoms with E-state index in [0.717, 1.165) is 10.2 Å². The van der Waals surface area contributed by atoms with Crippen molar-refractivity contribution in [3.8, 4) is 0 Å². The van der Waals surface area contributed by atoms with Gasteiger partial charge in [0.15, 0.2) is 10.2 Å². The quantitative estimate of drug-likeness (QED) is 0.753. The summed E-state index contributed by atoms with van der Waals surface area (Å²) in [5.41, 5.74) is 0. The zero-order chi connectivity index (χ0) is 15.1. The molecule has 2 aliphatic heterocycles. The Morgan fingerprint density at radius 2 is 1.00 bits per heavy atom. The largest absolute Gasteiger partial charge is 0.339 e. The summed E-state index contributed by atoms with van der Waals surface area (Å²) < 4.78 is 0. The highest BCUT2D eigenvalue weighted by atomic mass is 32.1. The van der Waals surface area contributed by atoms with Crippen LogP contribution in [-0.2, 0) is 0 Å². The van der Waals surface area contributed by atoms with Crippen molar-refractivity contribution < 1.29 is 0 Å². The summed E-state index contributed by atoms with van der Waals surface area (Å²) in [6.07, 6.45) is 13.6. The lowest BCUT2D eigenvalue weighted by Gasteiger charge is -2.35. The van der Waals surface area contributed by atoms with Crippen LogP contribution in [0.4, 0.5) is 0 Å². The molecule has 2 unspecified atom stereocenters. The van der Waals surface area contributed by atoms with Gasteiger partial charge < -0.3 is 20.4 Å². The first-order valence-electron chi connectivity index (χ1n) is 8.93. The Morgan fingerprint density at radius 3 is 1.36 bits per heavy atom. The number of thiocarbonyl (C=S) groups is 2. The zero-order valence-corrected chi connectivity index (χ0v) is 14.7. The fourth-order valence-corrected chi connectivity index (χ4v) is 5.53. The Kier molecular flexibility index (Phi) is 4.15. The van der Waals surface area contributed by atoms with Crippen molar-refractivity contribution >= 4 is 34.7 Å². The summed E-state index contributed by atoms with van der Waals surface area (Å²) in [6, 6.07) is 1.18. The molecule has 0 radical (unpaired) electrons. The SMILES string of the molecule is S=C1NC2C(NC(=S)N2C2CCCCC2)N1C1CCCCC1. The van der Waals surface area contributed by atoms with Gasteiger partial charge in [0.05, 0.1) is 0 Å². The van der Waals surface area contributed by atoms with Crippen molar-refractivity contribution in [2.45, 2.75) is 88.6 Å². The predicted octanol–water partition coefficient (Wildman–Crippen LogP) is 2.68. The van der Waals surface area contributed by atoms with Crippen molar-refractivity contribution in [3.05, 3.63) is 0 Å². The smallest absolute Gasteiger partial charge is 0.172 e. The average molecular weight is 339 g/mol. The van der Waals surface area contributed by atoms with Gasteiger partial charge in [0.1, 0.15) is 12.3 Å². The van der Waals surface area contributed by atoms with Gasteiger partial charge >= 0.3 is 0 Å². The van der Waals surface area contributed by atoms with Gasteiger partial charge in [-0.2, -0.15) is 0 Å². The maximum atomic E-state index is 5.67. The van der Waals surface area contributed by atoms with Crippen LogP contribution < -0.4 is 10.6 Å². The van der Waals surface area contributed by atoms with Gasteiger partial charge in [0.25, 0.3) is 0 Å². The first-order valence-corrected chi connectivity index (χ1v) is 9.75. The molecule has 0 aromatic rings. The number of nitrogens with one attached hydrogen (secondary N) is 2. The lowest BCUT2D eigenvalue weighted by molar-refractivity contribution is 0.144. The van der Waals surface area contributed by atoms with Crippen molar-refractivity contribution in [1.29, 1.82) is 0 Å². The summed E-state index contributed by atoms with van der Waals surface area (Å²) in [6.45, 7) is 0. The lowest BCUT2D eigenvalue weighted by atomic mass is 9.93. The van der Waals surface area contributed by atoms with Crippen molar-refractivity contribution in [2.24, 2.45) is 0 Å².